The van der Waals surface area contributed by atoms with Crippen LogP contribution in [0.4, 0.5) is 4.39 Å². The minimum atomic E-state index is -0.317. The van der Waals surface area contributed by atoms with Crippen LogP contribution in [0.5, 0.6) is 0 Å². The Kier molecular flexibility index (Phi) is 2.57. The topological polar surface area (TPSA) is 43.9 Å². The first-order valence-corrected chi connectivity index (χ1v) is 6.47. The number of hydrogen-bond acceptors (Lipinski definition) is 3. The molecule has 0 atom stereocenters. The SMILES string of the molecule is Fc1ccc2onc(-c3cnn(-c4ccccc4)c3)c2c1. The van der Waals surface area contributed by atoms with Crippen LogP contribution in [0.15, 0.2) is 65.4 Å². The summed E-state index contributed by atoms with van der Waals surface area (Å²) in [7, 11) is 0. The molecule has 2 heterocycles. The van der Waals surface area contributed by atoms with Gasteiger partial charge >= 0.3 is 0 Å². The molecule has 0 radical (unpaired) electrons. The highest BCUT2D eigenvalue weighted by atomic mass is 19.1. The van der Waals surface area contributed by atoms with Gasteiger partial charge in [-0.25, -0.2) is 9.07 Å². The van der Waals surface area contributed by atoms with Gasteiger partial charge in [-0.2, -0.15) is 5.10 Å². The molecule has 21 heavy (non-hydrogen) atoms. The van der Waals surface area contributed by atoms with Gasteiger partial charge in [-0.05, 0) is 30.3 Å². The fourth-order valence-electron chi connectivity index (χ4n) is 2.29. The molecule has 0 unspecified atom stereocenters. The number of rotatable bonds is 2. The Morgan fingerprint density at radius 2 is 1.90 bits per heavy atom. The predicted octanol–water partition coefficient (Wildman–Crippen LogP) is 3.82. The van der Waals surface area contributed by atoms with Crippen molar-refractivity contribution < 1.29 is 8.91 Å². The second kappa shape index (κ2) is 4.56. The lowest BCUT2D eigenvalue weighted by Crippen LogP contribution is -1.92. The maximum Gasteiger partial charge on any atom is 0.167 e. The van der Waals surface area contributed by atoms with Crippen LogP contribution < -0.4 is 0 Å². The largest absolute Gasteiger partial charge is 0.356 e. The molecule has 0 aliphatic heterocycles. The predicted molar refractivity (Wildman–Crippen MR) is 76.5 cm³/mol. The average Bonchev–Trinajstić information content (AvgIpc) is 3.14. The maximum atomic E-state index is 13.4. The first-order chi connectivity index (χ1) is 10.3. The summed E-state index contributed by atoms with van der Waals surface area (Å²) in [4.78, 5) is 0. The summed E-state index contributed by atoms with van der Waals surface area (Å²) in [6, 6.07) is 14.1. The van der Waals surface area contributed by atoms with Crippen LogP contribution in [0.25, 0.3) is 27.9 Å². The molecule has 4 aromatic rings. The van der Waals surface area contributed by atoms with Gasteiger partial charge in [0, 0.05) is 11.8 Å². The molecule has 4 rings (SSSR count). The van der Waals surface area contributed by atoms with Crippen molar-refractivity contribution in [2.24, 2.45) is 0 Å². The molecule has 0 bridgehead atoms. The van der Waals surface area contributed by atoms with Crippen LogP contribution in [0.3, 0.4) is 0 Å². The van der Waals surface area contributed by atoms with Crippen LogP contribution in [-0.4, -0.2) is 14.9 Å². The Labute approximate surface area is 119 Å². The van der Waals surface area contributed by atoms with Gasteiger partial charge in [-0.1, -0.05) is 23.4 Å². The number of benzene rings is 2. The zero-order chi connectivity index (χ0) is 14.2. The smallest absolute Gasteiger partial charge is 0.167 e. The molecule has 0 saturated heterocycles. The number of nitrogens with zero attached hydrogens (tertiary/aromatic N) is 3. The third-order valence-electron chi connectivity index (χ3n) is 3.31. The summed E-state index contributed by atoms with van der Waals surface area (Å²) in [5.41, 5.74) is 2.87. The monoisotopic (exact) mass is 279 g/mol. The Hall–Kier alpha value is -2.95. The summed E-state index contributed by atoms with van der Waals surface area (Å²) < 4.78 is 20.4. The molecular formula is C16H10FN3O. The van der Waals surface area contributed by atoms with Crippen molar-refractivity contribution in [3.63, 3.8) is 0 Å². The molecule has 2 aromatic carbocycles. The lowest BCUT2D eigenvalue weighted by Gasteiger charge is -1.98. The molecule has 0 saturated carbocycles. The van der Waals surface area contributed by atoms with E-state index in [1.165, 1.54) is 12.1 Å². The Morgan fingerprint density at radius 1 is 1.05 bits per heavy atom. The normalized spacial score (nSPS) is 11.1. The first kappa shape index (κ1) is 11.8. The highest BCUT2D eigenvalue weighted by molar-refractivity contribution is 5.91. The van der Waals surface area contributed by atoms with Crippen LogP contribution in [-0.2, 0) is 0 Å². The van der Waals surface area contributed by atoms with E-state index in [0.717, 1.165) is 11.3 Å². The van der Waals surface area contributed by atoms with E-state index in [4.69, 9.17) is 4.52 Å². The number of hydrogen-bond donors (Lipinski definition) is 0. The first-order valence-electron chi connectivity index (χ1n) is 6.47. The van der Waals surface area contributed by atoms with E-state index in [-0.39, 0.29) is 5.82 Å². The second-order valence-corrected chi connectivity index (χ2v) is 4.68. The Balaban J connectivity index is 1.83. The van der Waals surface area contributed by atoms with Crippen molar-refractivity contribution in [1.29, 1.82) is 0 Å². The Morgan fingerprint density at radius 3 is 2.76 bits per heavy atom. The highest BCUT2D eigenvalue weighted by Gasteiger charge is 2.13. The second-order valence-electron chi connectivity index (χ2n) is 4.68. The molecule has 0 spiro atoms. The molecule has 0 N–H and O–H groups in total. The van der Waals surface area contributed by atoms with Gasteiger partial charge in [0.15, 0.2) is 5.58 Å². The molecule has 2 aromatic heterocycles. The van der Waals surface area contributed by atoms with E-state index in [1.54, 1.807) is 16.9 Å². The van der Waals surface area contributed by atoms with Crippen LogP contribution in [0.2, 0.25) is 0 Å². The lowest BCUT2D eigenvalue weighted by atomic mass is 10.1. The summed E-state index contributed by atoms with van der Waals surface area (Å²) in [6.07, 6.45) is 3.53. The average molecular weight is 279 g/mol. The van der Waals surface area contributed by atoms with Crippen molar-refractivity contribution in [3.8, 4) is 16.9 Å². The van der Waals surface area contributed by atoms with Gasteiger partial charge in [0.1, 0.15) is 11.5 Å². The molecule has 0 amide bonds. The summed E-state index contributed by atoms with van der Waals surface area (Å²) in [5.74, 6) is -0.317. The van der Waals surface area contributed by atoms with Crippen molar-refractivity contribution in [1.82, 2.24) is 14.9 Å². The van der Waals surface area contributed by atoms with E-state index >= 15 is 0 Å². The Bertz CT molecular complexity index is 912. The third kappa shape index (κ3) is 1.99. The highest BCUT2D eigenvalue weighted by Crippen LogP contribution is 2.28. The molecular weight excluding hydrogens is 269 g/mol. The third-order valence-corrected chi connectivity index (χ3v) is 3.31. The lowest BCUT2D eigenvalue weighted by molar-refractivity contribution is 0.459. The number of para-hydroxylation sites is 1. The van der Waals surface area contributed by atoms with Crippen molar-refractivity contribution in [3.05, 3.63) is 66.7 Å². The molecule has 5 heteroatoms. The van der Waals surface area contributed by atoms with E-state index in [2.05, 4.69) is 10.3 Å². The standard InChI is InChI=1S/C16H10FN3O/c17-12-6-7-15-14(8-12)16(19-21-15)11-9-18-20(10-11)13-4-2-1-3-5-13/h1-10H. The van der Waals surface area contributed by atoms with Crippen LogP contribution >= 0.6 is 0 Å². The number of fused-ring (bicyclic) bond motifs is 1. The number of aromatic nitrogens is 3. The van der Waals surface area contributed by atoms with Crippen LogP contribution in [0.1, 0.15) is 0 Å². The van der Waals surface area contributed by atoms with Crippen LogP contribution in [0, 0.1) is 5.82 Å². The molecule has 0 aliphatic rings. The molecule has 4 nitrogen and oxygen atoms in total. The summed E-state index contributed by atoms with van der Waals surface area (Å²) in [5, 5.41) is 8.97. The minimum absolute atomic E-state index is 0.317. The van der Waals surface area contributed by atoms with E-state index in [9.17, 15) is 4.39 Å². The summed E-state index contributed by atoms with van der Waals surface area (Å²) >= 11 is 0. The minimum Gasteiger partial charge on any atom is -0.356 e. The molecule has 102 valence electrons. The van der Waals surface area contributed by atoms with Crippen molar-refractivity contribution in [2.45, 2.75) is 0 Å². The zero-order valence-corrected chi connectivity index (χ0v) is 10.9. The fourth-order valence-corrected chi connectivity index (χ4v) is 2.29. The van der Waals surface area contributed by atoms with Gasteiger partial charge in [-0.15, -0.1) is 0 Å². The van der Waals surface area contributed by atoms with E-state index < -0.39 is 0 Å². The van der Waals surface area contributed by atoms with Gasteiger partial charge in [-0.3, -0.25) is 0 Å². The van der Waals surface area contributed by atoms with Gasteiger partial charge in [0.2, 0.25) is 0 Å². The number of halogens is 1. The van der Waals surface area contributed by atoms with Crippen molar-refractivity contribution >= 4 is 11.0 Å². The molecule has 0 aliphatic carbocycles. The fraction of sp³-hybridized carbons (Fsp3) is 0. The van der Waals surface area contributed by atoms with Gasteiger partial charge < -0.3 is 4.52 Å². The molecule has 0 fully saturated rings. The van der Waals surface area contributed by atoms with E-state index in [1.807, 2.05) is 36.5 Å². The maximum absolute atomic E-state index is 13.4. The van der Waals surface area contributed by atoms with E-state index in [0.29, 0.717) is 16.7 Å². The van der Waals surface area contributed by atoms with Crippen molar-refractivity contribution in [2.75, 3.05) is 0 Å². The quantitative estimate of drug-likeness (QED) is 0.560. The van der Waals surface area contributed by atoms with Gasteiger partial charge in [0.25, 0.3) is 0 Å². The van der Waals surface area contributed by atoms with Gasteiger partial charge in [0.05, 0.1) is 17.3 Å². The zero-order valence-electron chi connectivity index (χ0n) is 10.9. The summed E-state index contributed by atoms with van der Waals surface area (Å²) in [6.45, 7) is 0.